The molecular weight excluding hydrogens is 365 g/mol. The number of fused-ring (bicyclic) bond motifs is 1. The van der Waals surface area contributed by atoms with Crippen LogP contribution in [0.4, 0.5) is 13.2 Å². The van der Waals surface area contributed by atoms with Gasteiger partial charge < -0.3 is 14.5 Å². The Kier molecular flexibility index (Phi) is 5.11. The van der Waals surface area contributed by atoms with E-state index >= 15 is 0 Å². The second kappa shape index (κ2) is 7.48. The molecule has 3 aromatic rings. The number of halogens is 3. The first-order valence-electron chi connectivity index (χ1n) is 7.78. The molecule has 0 fully saturated rings. The number of alkyl halides is 3. The van der Waals surface area contributed by atoms with Crippen molar-refractivity contribution in [3.05, 3.63) is 70.2 Å². The molecule has 3 rings (SSSR count). The summed E-state index contributed by atoms with van der Waals surface area (Å²) < 4.78 is 46.7. The average molecular weight is 378 g/mol. The first-order chi connectivity index (χ1) is 12.8. The molecule has 0 unspecified atom stereocenters. The molecule has 2 aromatic heterocycles. The number of hydrogen-bond acceptors (Lipinski definition) is 5. The molecule has 0 spiro atoms. The second-order valence-corrected chi connectivity index (χ2v) is 5.54. The maximum atomic E-state index is 12.3. The van der Waals surface area contributed by atoms with E-state index in [2.05, 4.69) is 15.0 Å². The number of pyridine rings is 1. The van der Waals surface area contributed by atoms with E-state index in [1.807, 2.05) is 0 Å². The maximum Gasteiger partial charge on any atom is 0.422 e. The van der Waals surface area contributed by atoms with Crippen LogP contribution in [0.5, 0.6) is 5.88 Å². The molecule has 0 saturated carbocycles. The lowest BCUT2D eigenvalue weighted by molar-refractivity contribution is -0.154. The van der Waals surface area contributed by atoms with E-state index in [1.165, 1.54) is 24.4 Å². The van der Waals surface area contributed by atoms with E-state index in [9.17, 15) is 22.8 Å². The van der Waals surface area contributed by atoms with Gasteiger partial charge in [-0.3, -0.25) is 4.79 Å². The third-order valence-electron chi connectivity index (χ3n) is 3.55. The van der Waals surface area contributed by atoms with Gasteiger partial charge in [-0.25, -0.2) is 9.78 Å². The number of carbonyl (C=O) groups is 1. The fourth-order valence-corrected chi connectivity index (χ4v) is 2.33. The van der Waals surface area contributed by atoms with Crippen molar-refractivity contribution in [3.63, 3.8) is 0 Å². The zero-order valence-corrected chi connectivity index (χ0v) is 13.7. The molecule has 0 aliphatic heterocycles. The number of rotatable bonds is 5. The van der Waals surface area contributed by atoms with Gasteiger partial charge in [0.05, 0.1) is 0 Å². The number of carbonyl (C=O) groups excluding carboxylic acids is 1. The van der Waals surface area contributed by atoms with Crippen molar-refractivity contribution in [3.8, 4) is 5.88 Å². The molecule has 0 bridgehead atoms. The van der Waals surface area contributed by atoms with Crippen LogP contribution in [0, 0.1) is 0 Å². The molecule has 2 heterocycles. The van der Waals surface area contributed by atoms with Crippen LogP contribution in [0.1, 0.15) is 15.9 Å². The largest absolute Gasteiger partial charge is 0.468 e. The molecule has 0 atom stereocenters. The van der Waals surface area contributed by atoms with Crippen LogP contribution >= 0.6 is 0 Å². The number of amides is 1. The highest BCUT2D eigenvalue weighted by Gasteiger charge is 2.29. The lowest BCUT2D eigenvalue weighted by Crippen LogP contribution is -2.28. The van der Waals surface area contributed by atoms with Gasteiger partial charge in [0.1, 0.15) is 11.1 Å². The molecule has 0 aliphatic rings. The van der Waals surface area contributed by atoms with Crippen LogP contribution in [-0.4, -0.2) is 23.7 Å². The van der Waals surface area contributed by atoms with Gasteiger partial charge in [-0.15, -0.1) is 0 Å². The molecule has 9 heteroatoms. The van der Waals surface area contributed by atoms with Crippen molar-refractivity contribution < 1.29 is 27.1 Å². The normalized spacial score (nSPS) is 11.4. The highest BCUT2D eigenvalue weighted by Crippen LogP contribution is 2.20. The van der Waals surface area contributed by atoms with E-state index in [-0.39, 0.29) is 23.6 Å². The maximum absolute atomic E-state index is 12.3. The number of hydrogen-bond donors (Lipinski definition) is 1. The highest BCUT2D eigenvalue weighted by atomic mass is 19.4. The number of benzene rings is 1. The van der Waals surface area contributed by atoms with Crippen LogP contribution in [0.3, 0.4) is 0 Å². The number of nitrogens with one attached hydrogen (secondary N) is 1. The predicted octanol–water partition coefficient (Wildman–Crippen LogP) is 3.06. The smallest absolute Gasteiger partial charge is 0.422 e. The monoisotopic (exact) mass is 378 g/mol. The topological polar surface area (TPSA) is 81.4 Å². The van der Waals surface area contributed by atoms with Gasteiger partial charge >= 0.3 is 11.8 Å². The van der Waals surface area contributed by atoms with Gasteiger partial charge in [0.25, 0.3) is 5.91 Å². The Morgan fingerprint density at radius 3 is 2.74 bits per heavy atom. The van der Waals surface area contributed by atoms with Crippen molar-refractivity contribution >= 4 is 16.9 Å². The standard InChI is InChI=1S/C18H13F3N2O4/c19-18(20,21)10-26-16-12(5-3-7-22-16)9-23-15(24)13-8-11-4-1-2-6-14(11)27-17(13)25/h1-8H,9-10H2,(H,23,24). The SMILES string of the molecule is O=C(NCc1cccnc1OCC(F)(F)F)c1cc2ccccc2oc1=O. The summed E-state index contributed by atoms with van der Waals surface area (Å²) in [5.74, 6) is -0.971. The summed E-state index contributed by atoms with van der Waals surface area (Å²) in [6.45, 7) is -1.68. The van der Waals surface area contributed by atoms with E-state index in [1.54, 1.807) is 24.3 Å². The first-order valence-corrected chi connectivity index (χ1v) is 7.78. The molecule has 6 nitrogen and oxygen atoms in total. The Labute approximate surface area is 150 Å². The molecule has 27 heavy (non-hydrogen) atoms. The molecule has 1 amide bonds. The van der Waals surface area contributed by atoms with Crippen LogP contribution in [0.2, 0.25) is 0 Å². The summed E-state index contributed by atoms with van der Waals surface area (Å²) in [6.07, 6.45) is -3.24. The van der Waals surface area contributed by atoms with Crippen LogP contribution in [0.25, 0.3) is 11.0 Å². The zero-order valence-electron chi connectivity index (χ0n) is 13.7. The lowest BCUT2D eigenvalue weighted by Gasteiger charge is -2.12. The van der Waals surface area contributed by atoms with Gasteiger partial charge in [-0.05, 0) is 18.2 Å². The van der Waals surface area contributed by atoms with Crippen LogP contribution < -0.4 is 15.7 Å². The van der Waals surface area contributed by atoms with Crippen molar-refractivity contribution in [2.24, 2.45) is 0 Å². The summed E-state index contributed by atoms with van der Waals surface area (Å²) in [5.41, 5.74) is -0.448. The van der Waals surface area contributed by atoms with E-state index in [4.69, 9.17) is 4.42 Å². The Bertz CT molecular complexity index is 1030. The number of aromatic nitrogens is 1. The fourth-order valence-electron chi connectivity index (χ4n) is 2.33. The zero-order chi connectivity index (χ0) is 19.4. The molecule has 140 valence electrons. The predicted molar refractivity (Wildman–Crippen MR) is 89.4 cm³/mol. The minimum absolute atomic E-state index is 0.174. The van der Waals surface area contributed by atoms with Gasteiger partial charge in [-0.1, -0.05) is 24.3 Å². The summed E-state index contributed by atoms with van der Waals surface area (Å²) in [6, 6.07) is 11.0. The van der Waals surface area contributed by atoms with Gasteiger partial charge in [0.2, 0.25) is 5.88 Å². The van der Waals surface area contributed by atoms with Crippen LogP contribution in [0.15, 0.2) is 57.9 Å². The molecule has 0 saturated heterocycles. The minimum Gasteiger partial charge on any atom is -0.468 e. The molecule has 0 aliphatic carbocycles. The third kappa shape index (κ3) is 4.63. The summed E-state index contributed by atoms with van der Waals surface area (Å²) >= 11 is 0. The number of ether oxygens (including phenoxy) is 1. The molecule has 1 N–H and O–H groups in total. The van der Waals surface area contributed by atoms with Gasteiger partial charge in [0.15, 0.2) is 6.61 Å². The van der Waals surface area contributed by atoms with Crippen molar-refractivity contribution in [1.82, 2.24) is 10.3 Å². The Balaban J connectivity index is 1.75. The van der Waals surface area contributed by atoms with E-state index < -0.39 is 24.3 Å². The van der Waals surface area contributed by atoms with Gasteiger partial charge in [-0.2, -0.15) is 13.2 Å². The van der Waals surface area contributed by atoms with Crippen molar-refractivity contribution in [2.45, 2.75) is 12.7 Å². The van der Waals surface area contributed by atoms with Crippen molar-refractivity contribution in [2.75, 3.05) is 6.61 Å². The Morgan fingerprint density at radius 2 is 1.96 bits per heavy atom. The Morgan fingerprint density at radius 1 is 1.19 bits per heavy atom. The lowest BCUT2D eigenvalue weighted by atomic mass is 10.1. The highest BCUT2D eigenvalue weighted by molar-refractivity contribution is 5.96. The fraction of sp³-hybridized carbons (Fsp3) is 0.167. The minimum atomic E-state index is -4.51. The molecule has 0 radical (unpaired) electrons. The second-order valence-electron chi connectivity index (χ2n) is 5.54. The average Bonchev–Trinajstić information content (AvgIpc) is 2.64. The van der Waals surface area contributed by atoms with Gasteiger partial charge in [0, 0.05) is 23.7 Å². The number of para-hydroxylation sites is 1. The van der Waals surface area contributed by atoms with E-state index in [0.717, 1.165) is 0 Å². The Hall–Kier alpha value is -3.36. The summed E-state index contributed by atoms with van der Waals surface area (Å²) in [5, 5.41) is 3.03. The summed E-state index contributed by atoms with van der Waals surface area (Å²) in [7, 11) is 0. The van der Waals surface area contributed by atoms with E-state index in [0.29, 0.717) is 11.0 Å². The third-order valence-corrected chi connectivity index (χ3v) is 3.55. The quantitative estimate of drug-likeness (QED) is 0.690. The summed E-state index contributed by atoms with van der Waals surface area (Å²) in [4.78, 5) is 28.0. The first kappa shape index (κ1) is 18.4. The van der Waals surface area contributed by atoms with Crippen molar-refractivity contribution in [1.29, 1.82) is 0 Å². The van der Waals surface area contributed by atoms with Crippen LogP contribution in [-0.2, 0) is 6.54 Å². The molecule has 1 aromatic carbocycles. The number of nitrogens with zero attached hydrogens (tertiary/aromatic N) is 1. The molecular formula is C18H13F3N2O4.